The van der Waals surface area contributed by atoms with Gasteiger partial charge >= 0.3 is 0 Å². The molecule has 0 unspecified atom stereocenters. The van der Waals surface area contributed by atoms with Crippen molar-refractivity contribution in [2.45, 2.75) is 53.4 Å². The lowest BCUT2D eigenvalue weighted by Crippen LogP contribution is -2.26. The first-order chi connectivity index (χ1) is 10.9. The van der Waals surface area contributed by atoms with Gasteiger partial charge in [0, 0.05) is 37.0 Å². The second kappa shape index (κ2) is 7.73. The number of hydrogen-bond donors (Lipinski definition) is 1. The van der Waals surface area contributed by atoms with Crippen LogP contribution in [0.1, 0.15) is 45.9 Å². The first-order valence-corrected chi connectivity index (χ1v) is 8.95. The fourth-order valence-electron chi connectivity index (χ4n) is 2.74. The molecule has 6 heteroatoms. The van der Waals surface area contributed by atoms with E-state index in [2.05, 4.69) is 29.2 Å². The molecule has 2 rings (SSSR count). The number of thiazole rings is 1. The number of carbonyl (C=O) groups excluding carboxylic acids is 1. The average molecular weight is 334 g/mol. The van der Waals surface area contributed by atoms with E-state index < -0.39 is 0 Å². The van der Waals surface area contributed by atoms with Crippen LogP contribution < -0.4 is 5.32 Å². The van der Waals surface area contributed by atoms with Crippen LogP contribution in [0.5, 0.6) is 0 Å². The van der Waals surface area contributed by atoms with Crippen LogP contribution in [-0.2, 0) is 31.1 Å². The second-order valence-electron chi connectivity index (χ2n) is 5.84. The molecule has 0 spiro atoms. The van der Waals surface area contributed by atoms with Gasteiger partial charge in [0.2, 0.25) is 5.91 Å². The summed E-state index contributed by atoms with van der Waals surface area (Å²) in [5.74, 6) is 0.0941. The lowest BCUT2D eigenvalue weighted by molar-refractivity contribution is -0.121. The van der Waals surface area contributed by atoms with Gasteiger partial charge in [0.1, 0.15) is 0 Å². The quantitative estimate of drug-likeness (QED) is 0.847. The Morgan fingerprint density at radius 2 is 2.00 bits per heavy atom. The average Bonchev–Trinajstić information content (AvgIpc) is 2.97. The van der Waals surface area contributed by atoms with Crippen LogP contribution in [-0.4, -0.2) is 27.2 Å². The molecule has 0 atom stereocenters. The number of nitrogens with one attached hydrogen (secondary N) is 1. The van der Waals surface area contributed by atoms with Gasteiger partial charge < -0.3 is 5.32 Å². The van der Waals surface area contributed by atoms with E-state index in [1.807, 2.05) is 25.6 Å². The molecule has 23 heavy (non-hydrogen) atoms. The molecule has 0 aliphatic carbocycles. The van der Waals surface area contributed by atoms with Gasteiger partial charge in [-0.25, -0.2) is 4.98 Å². The van der Waals surface area contributed by atoms with Gasteiger partial charge in [-0.15, -0.1) is 11.3 Å². The highest BCUT2D eigenvalue weighted by molar-refractivity contribution is 7.11. The van der Waals surface area contributed by atoms with E-state index in [0.717, 1.165) is 35.7 Å². The lowest BCUT2D eigenvalue weighted by Gasteiger charge is -2.05. The van der Waals surface area contributed by atoms with Crippen molar-refractivity contribution in [3.63, 3.8) is 0 Å². The minimum Gasteiger partial charge on any atom is -0.356 e. The van der Waals surface area contributed by atoms with E-state index >= 15 is 0 Å². The van der Waals surface area contributed by atoms with Gasteiger partial charge in [-0.1, -0.05) is 6.92 Å². The van der Waals surface area contributed by atoms with Gasteiger partial charge in [-0.05, 0) is 39.2 Å². The largest absolute Gasteiger partial charge is 0.356 e. The summed E-state index contributed by atoms with van der Waals surface area (Å²) in [5, 5.41) is 8.49. The van der Waals surface area contributed by atoms with Crippen LogP contribution in [0.2, 0.25) is 0 Å². The Bertz CT molecular complexity index is 687. The predicted molar refractivity (Wildman–Crippen MR) is 93.9 cm³/mol. The van der Waals surface area contributed by atoms with Crippen molar-refractivity contribution in [3.8, 4) is 0 Å². The highest BCUT2D eigenvalue weighted by Gasteiger charge is 2.11. The molecule has 0 radical (unpaired) electrons. The summed E-state index contributed by atoms with van der Waals surface area (Å²) >= 11 is 1.73. The van der Waals surface area contributed by atoms with Gasteiger partial charge in [-0.2, -0.15) is 5.10 Å². The molecular formula is C17H26N4OS. The molecule has 0 saturated carbocycles. The zero-order valence-electron chi connectivity index (χ0n) is 14.7. The summed E-state index contributed by atoms with van der Waals surface area (Å²) in [6, 6.07) is 0. The number of carbonyl (C=O) groups is 1. The zero-order chi connectivity index (χ0) is 17.0. The standard InChI is InChI=1S/C17H26N4OS/c1-6-15-13(4)23-17(19-15)9-10-18-16(22)8-7-14-11(2)20-21(5)12(14)3/h6-10H2,1-5H3,(H,18,22). The third kappa shape index (κ3) is 4.41. The molecule has 1 N–H and O–H groups in total. The number of nitrogens with zero attached hydrogens (tertiary/aromatic N) is 3. The summed E-state index contributed by atoms with van der Waals surface area (Å²) < 4.78 is 1.87. The van der Waals surface area contributed by atoms with Crippen molar-refractivity contribution in [1.82, 2.24) is 20.1 Å². The van der Waals surface area contributed by atoms with Crippen LogP contribution >= 0.6 is 11.3 Å². The Morgan fingerprint density at radius 3 is 2.57 bits per heavy atom. The smallest absolute Gasteiger partial charge is 0.220 e. The number of rotatable bonds is 7. The first kappa shape index (κ1) is 17.7. The lowest BCUT2D eigenvalue weighted by atomic mass is 10.1. The Balaban J connectivity index is 1.77. The van der Waals surface area contributed by atoms with Crippen molar-refractivity contribution >= 4 is 17.2 Å². The van der Waals surface area contributed by atoms with Crippen molar-refractivity contribution in [2.75, 3.05) is 6.54 Å². The molecule has 126 valence electrons. The Hall–Kier alpha value is -1.69. The van der Waals surface area contributed by atoms with Crippen molar-refractivity contribution in [3.05, 3.63) is 32.5 Å². The molecule has 0 aliphatic rings. The summed E-state index contributed by atoms with van der Waals surface area (Å²) in [4.78, 5) is 17.9. The van der Waals surface area contributed by atoms with E-state index in [0.29, 0.717) is 13.0 Å². The monoisotopic (exact) mass is 334 g/mol. The molecule has 0 aromatic carbocycles. The highest BCUT2D eigenvalue weighted by atomic mass is 32.1. The number of aromatic nitrogens is 3. The SMILES string of the molecule is CCc1nc(CCNC(=O)CCc2c(C)nn(C)c2C)sc1C. The second-order valence-corrected chi connectivity index (χ2v) is 7.12. The maximum Gasteiger partial charge on any atom is 0.220 e. The fourth-order valence-corrected chi connectivity index (χ4v) is 3.76. The number of amides is 1. The molecule has 5 nitrogen and oxygen atoms in total. The van der Waals surface area contributed by atoms with E-state index in [4.69, 9.17) is 0 Å². The van der Waals surface area contributed by atoms with Gasteiger partial charge in [0.25, 0.3) is 0 Å². The summed E-state index contributed by atoms with van der Waals surface area (Å²) in [7, 11) is 1.94. The van der Waals surface area contributed by atoms with Crippen LogP contribution in [0.3, 0.4) is 0 Å². The summed E-state index contributed by atoms with van der Waals surface area (Å²) in [6.45, 7) is 8.92. The van der Waals surface area contributed by atoms with E-state index in [-0.39, 0.29) is 5.91 Å². The molecule has 2 aromatic heterocycles. The van der Waals surface area contributed by atoms with Gasteiger partial charge in [-0.3, -0.25) is 9.48 Å². The molecule has 2 aromatic rings. The van der Waals surface area contributed by atoms with Crippen molar-refractivity contribution < 1.29 is 4.79 Å². The molecule has 0 bridgehead atoms. The molecular weight excluding hydrogens is 308 g/mol. The molecule has 1 amide bonds. The van der Waals surface area contributed by atoms with Crippen molar-refractivity contribution in [1.29, 1.82) is 0 Å². The molecule has 0 aliphatic heterocycles. The third-order valence-corrected chi connectivity index (χ3v) is 5.27. The minimum absolute atomic E-state index is 0.0941. The van der Waals surface area contributed by atoms with Gasteiger partial charge in [0.05, 0.1) is 16.4 Å². The van der Waals surface area contributed by atoms with Crippen LogP contribution in [0, 0.1) is 20.8 Å². The topological polar surface area (TPSA) is 59.8 Å². The maximum absolute atomic E-state index is 12.0. The molecule has 0 saturated heterocycles. The third-order valence-electron chi connectivity index (χ3n) is 4.19. The molecule has 2 heterocycles. The van der Waals surface area contributed by atoms with Crippen LogP contribution in [0.4, 0.5) is 0 Å². The van der Waals surface area contributed by atoms with Gasteiger partial charge in [0.15, 0.2) is 0 Å². The van der Waals surface area contributed by atoms with Crippen molar-refractivity contribution in [2.24, 2.45) is 7.05 Å². The number of hydrogen-bond acceptors (Lipinski definition) is 4. The Kier molecular flexibility index (Phi) is 5.93. The predicted octanol–water partition coefficient (Wildman–Crippen LogP) is 2.66. The Morgan fingerprint density at radius 1 is 1.26 bits per heavy atom. The van der Waals surface area contributed by atoms with Crippen LogP contribution in [0.15, 0.2) is 0 Å². The van der Waals surface area contributed by atoms with E-state index in [1.54, 1.807) is 11.3 Å². The molecule has 0 fully saturated rings. The van der Waals surface area contributed by atoms with E-state index in [1.165, 1.54) is 16.1 Å². The maximum atomic E-state index is 12.0. The highest BCUT2D eigenvalue weighted by Crippen LogP contribution is 2.18. The summed E-state index contributed by atoms with van der Waals surface area (Å²) in [6.07, 6.45) is 3.03. The normalized spacial score (nSPS) is 11.0. The fraction of sp³-hybridized carbons (Fsp3) is 0.588. The zero-order valence-corrected chi connectivity index (χ0v) is 15.5. The summed E-state index contributed by atoms with van der Waals surface area (Å²) in [5.41, 5.74) is 4.52. The van der Waals surface area contributed by atoms with Crippen LogP contribution in [0.25, 0.3) is 0 Å². The number of aryl methyl sites for hydroxylation is 4. The van der Waals surface area contributed by atoms with E-state index in [9.17, 15) is 4.79 Å². The Labute approximate surface area is 142 Å². The minimum atomic E-state index is 0.0941. The first-order valence-electron chi connectivity index (χ1n) is 8.13.